The van der Waals surface area contributed by atoms with Crippen LogP contribution in [0.25, 0.3) is 0 Å². The van der Waals surface area contributed by atoms with E-state index in [0.717, 1.165) is 17.2 Å². The molecule has 1 aromatic heterocycles. The van der Waals surface area contributed by atoms with Gasteiger partial charge in [-0.3, -0.25) is 9.59 Å². The Labute approximate surface area is 137 Å². The summed E-state index contributed by atoms with van der Waals surface area (Å²) in [4.78, 5) is 31.9. The van der Waals surface area contributed by atoms with Crippen molar-refractivity contribution in [2.45, 2.75) is 22.8 Å². The fraction of sp³-hybridized carbons (Fsp3) is 0.643. The largest absolute Gasteiger partial charge is 0.363 e. The van der Waals surface area contributed by atoms with Gasteiger partial charge in [-0.25, -0.2) is 4.98 Å². The van der Waals surface area contributed by atoms with Gasteiger partial charge in [0.25, 0.3) is 5.91 Å². The van der Waals surface area contributed by atoms with Crippen LogP contribution in [-0.2, 0) is 9.53 Å². The summed E-state index contributed by atoms with van der Waals surface area (Å²) >= 11 is 3.05. The highest BCUT2D eigenvalue weighted by Gasteiger charge is 2.42. The molecule has 2 aliphatic heterocycles. The van der Waals surface area contributed by atoms with E-state index in [4.69, 9.17) is 4.74 Å². The molecule has 8 heteroatoms. The van der Waals surface area contributed by atoms with Gasteiger partial charge in [0.15, 0.2) is 0 Å². The quantitative estimate of drug-likeness (QED) is 0.760. The molecular formula is C14H19N3O3S2. The Morgan fingerprint density at radius 3 is 2.77 bits per heavy atom. The lowest BCUT2D eigenvalue weighted by molar-refractivity contribution is -0.167. The Bertz CT molecular complexity index is 582. The predicted molar refractivity (Wildman–Crippen MR) is 85.4 cm³/mol. The number of hydrogen-bond donors (Lipinski definition) is 0. The molecule has 0 radical (unpaired) electrons. The molecule has 0 unspecified atom stereocenters. The summed E-state index contributed by atoms with van der Waals surface area (Å²) < 4.78 is 6.71. The molecule has 0 bridgehead atoms. The summed E-state index contributed by atoms with van der Waals surface area (Å²) in [5.41, 5.74) is 0.244. The number of thioether (sulfide) groups is 1. The van der Waals surface area contributed by atoms with Gasteiger partial charge in [-0.15, -0.1) is 11.3 Å². The van der Waals surface area contributed by atoms with Crippen LogP contribution in [0.1, 0.15) is 23.3 Å². The Kier molecular flexibility index (Phi) is 4.42. The Morgan fingerprint density at radius 2 is 2.18 bits per heavy atom. The molecule has 2 saturated heterocycles. The van der Waals surface area contributed by atoms with E-state index in [2.05, 4.69) is 4.98 Å². The maximum absolute atomic E-state index is 12.5. The molecule has 0 aromatic carbocycles. The fourth-order valence-corrected chi connectivity index (χ4v) is 4.16. The second-order valence-corrected chi connectivity index (χ2v) is 7.63. The van der Waals surface area contributed by atoms with Gasteiger partial charge in [-0.1, -0.05) is 11.8 Å². The number of amides is 2. The average molecular weight is 341 g/mol. The Morgan fingerprint density at radius 1 is 1.45 bits per heavy atom. The highest BCUT2D eigenvalue weighted by molar-refractivity contribution is 8.00. The summed E-state index contributed by atoms with van der Waals surface area (Å²) in [6, 6.07) is 0. The lowest BCUT2D eigenvalue weighted by Gasteiger charge is -2.46. The van der Waals surface area contributed by atoms with Gasteiger partial charge in [0.05, 0.1) is 5.60 Å². The van der Waals surface area contributed by atoms with Crippen molar-refractivity contribution in [3.8, 4) is 0 Å². The predicted octanol–water partition coefficient (Wildman–Crippen LogP) is 1.33. The van der Waals surface area contributed by atoms with Crippen molar-refractivity contribution in [3.63, 3.8) is 0 Å². The highest BCUT2D eigenvalue weighted by atomic mass is 32.2. The first-order valence-electron chi connectivity index (χ1n) is 7.20. The van der Waals surface area contributed by atoms with E-state index in [-0.39, 0.29) is 24.0 Å². The van der Waals surface area contributed by atoms with Crippen LogP contribution in [-0.4, -0.2) is 71.7 Å². The van der Waals surface area contributed by atoms with Crippen molar-refractivity contribution in [3.05, 3.63) is 11.1 Å². The minimum absolute atomic E-state index is 0.00774. The molecule has 22 heavy (non-hydrogen) atoms. The third-order valence-corrected chi connectivity index (χ3v) is 6.15. The van der Waals surface area contributed by atoms with Crippen molar-refractivity contribution >= 4 is 34.9 Å². The van der Waals surface area contributed by atoms with Crippen molar-refractivity contribution in [1.82, 2.24) is 14.8 Å². The summed E-state index contributed by atoms with van der Waals surface area (Å²) in [6.45, 7) is 2.05. The summed E-state index contributed by atoms with van der Waals surface area (Å²) in [6.07, 6.45) is 3.47. The number of carbonyl (C=O) groups excluding carboxylic acids is 2. The number of likely N-dealkylation sites (tertiary alicyclic amines) is 1. The molecule has 0 aliphatic carbocycles. The molecule has 2 fully saturated rings. The van der Waals surface area contributed by atoms with E-state index >= 15 is 0 Å². The number of carbonyl (C=O) groups is 2. The second kappa shape index (κ2) is 6.17. The average Bonchev–Trinajstić information content (AvgIpc) is 3.01. The van der Waals surface area contributed by atoms with Gasteiger partial charge >= 0.3 is 0 Å². The maximum atomic E-state index is 12.5. The molecule has 1 aromatic rings. The molecule has 2 aliphatic rings. The summed E-state index contributed by atoms with van der Waals surface area (Å²) in [5.74, 6) is 0.0165. The zero-order valence-corrected chi connectivity index (χ0v) is 14.3. The van der Waals surface area contributed by atoms with Crippen molar-refractivity contribution in [2.24, 2.45) is 0 Å². The second-order valence-electron chi connectivity index (χ2n) is 5.72. The Hall–Kier alpha value is -1.12. The number of rotatable bonds is 2. The minimum Gasteiger partial charge on any atom is -0.363 e. The number of hydrogen-bond acceptors (Lipinski definition) is 6. The highest BCUT2D eigenvalue weighted by Crippen LogP contribution is 2.31. The van der Waals surface area contributed by atoms with Gasteiger partial charge in [0.1, 0.15) is 16.6 Å². The number of likely N-dealkylation sites (N-methyl/N-ethyl adjacent to an activating group) is 1. The van der Waals surface area contributed by atoms with E-state index < -0.39 is 0 Å². The zero-order valence-electron chi connectivity index (χ0n) is 12.7. The lowest BCUT2D eigenvalue weighted by atomic mass is 9.89. The molecule has 6 nitrogen and oxygen atoms in total. The van der Waals surface area contributed by atoms with E-state index in [0.29, 0.717) is 25.3 Å². The number of morpholine rings is 1. The molecule has 2 amide bonds. The van der Waals surface area contributed by atoms with Gasteiger partial charge in [-0.2, -0.15) is 0 Å². The standard InChI is InChI=1S/C14H19N3O3S2/c1-16-9-14(20-7-11(16)18)3-5-17(6-4-14)12(19)10-8-22-13(15-10)21-2/h8H,3-7,9H2,1-2H3. The molecule has 0 atom stereocenters. The third kappa shape index (κ3) is 3.00. The molecule has 3 rings (SSSR count). The van der Waals surface area contributed by atoms with Crippen LogP contribution >= 0.6 is 23.1 Å². The van der Waals surface area contributed by atoms with Crippen molar-refractivity contribution < 1.29 is 14.3 Å². The summed E-state index contributed by atoms with van der Waals surface area (Å²) in [7, 11) is 1.81. The molecule has 1 spiro atoms. The number of piperidine rings is 1. The first-order valence-corrected chi connectivity index (χ1v) is 9.30. The number of ether oxygens (including phenoxy) is 1. The molecule has 3 heterocycles. The number of aromatic nitrogens is 1. The van der Waals surface area contributed by atoms with Crippen LogP contribution in [0.4, 0.5) is 0 Å². The SMILES string of the molecule is CSc1nc(C(=O)N2CCC3(CC2)CN(C)C(=O)CO3)cs1. The van der Waals surface area contributed by atoms with Crippen LogP contribution < -0.4 is 0 Å². The summed E-state index contributed by atoms with van der Waals surface area (Å²) in [5, 5.41) is 1.82. The van der Waals surface area contributed by atoms with Crippen molar-refractivity contribution in [2.75, 3.05) is 39.5 Å². The smallest absolute Gasteiger partial charge is 0.273 e. The molecular weight excluding hydrogens is 322 g/mol. The first kappa shape index (κ1) is 15.8. The van der Waals surface area contributed by atoms with Gasteiger partial charge in [-0.05, 0) is 19.1 Å². The zero-order chi connectivity index (χ0) is 15.7. The van der Waals surface area contributed by atoms with Crippen LogP contribution in [0.5, 0.6) is 0 Å². The normalized spacial score (nSPS) is 21.5. The molecule has 0 N–H and O–H groups in total. The fourth-order valence-electron chi connectivity index (χ4n) is 2.92. The van der Waals surface area contributed by atoms with E-state index in [9.17, 15) is 9.59 Å². The van der Waals surface area contributed by atoms with Crippen LogP contribution in [0.3, 0.4) is 0 Å². The van der Waals surface area contributed by atoms with Crippen LogP contribution in [0, 0.1) is 0 Å². The maximum Gasteiger partial charge on any atom is 0.273 e. The minimum atomic E-state index is -0.286. The van der Waals surface area contributed by atoms with E-state index in [1.54, 1.807) is 16.7 Å². The van der Waals surface area contributed by atoms with E-state index in [1.807, 2.05) is 23.6 Å². The monoisotopic (exact) mass is 341 g/mol. The lowest BCUT2D eigenvalue weighted by Crippen LogP contribution is -2.58. The van der Waals surface area contributed by atoms with Gasteiger partial charge in [0.2, 0.25) is 5.91 Å². The van der Waals surface area contributed by atoms with Gasteiger partial charge < -0.3 is 14.5 Å². The molecule has 0 saturated carbocycles. The topological polar surface area (TPSA) is 62.7 Å². The van der Waals surface area contributed by atoms with Gasteiger partial charge in [0, 0.05) is 32.1 Å². The number of nitrogens with zero attached hydrogens (tertiary/aromatic N) is 3. The molecule has 120 valence electrons. The van der Waals surface area contributed by atoms with E-state index in [1.165, 1.54) is 11.3 Å². The third-order valence-electron chi connectivity index (χ3n) is 4.29. The first-order chi connectivity index (χ1) is 10.5. The van der Waals surface area contributed by atoms with Crippen LogP contribution in [0.2, 0.25) is 0 Å². The number of thiazole rings is 1. The Balaban J connectivity index is 1.61. The van der Waals surface area contributed by atoms with Crippen LogP contribution in [0.15, 0.2) is 9.72 Å². The van der Waals surface area contributed by atoms with Crippen molar-refractivity contribution in [1.29, 1.82) is 0 Å².